The number of rotatable bonds is 4. The van der Waals surface area contributed by atoms with E-state index in [1.54, 1.807) is 6.07 Å². The van der Waals surface area contributed by atoms with Crippen molar-refractivity contribution in [2.75, 3.05) is 14.1 Å². The number of nitrogens with zero attached hydrogens (tertiary/aromatic N) is 1. The highest BCUT2D eigenvalue weighted by molar-refractivity contribution is 6.35. The minimum Gasteiger partial charge on any atom is -0.326 e. The van der Waals surface area contributed by atoms with Gasteiger partial charge in [-0.1, -0.05) is 55.0 Å². The molecule has 0 saturated heterocycles. The van der Waals surface area contributed by atoms with Gasteiger partial charge in [-0.15, -0.1) is 0 Å². The minimum atomic E-state index is 0.0828. The van der Waals surface area contributed by atoms with E-state index in [2.05, 4.69) is 19.0 Å². The van der Waals surface area contributed by atoms with E-state index in [0.29, 0.717) is 5.02 Å². The Bertz CT molecular complexity index is 466. The van der Waals surface area contributed by atoms with Crippen molar-refractivity contribution >= 4 is 23.2 Å². The summed E-state index contributed by atoms with van der Waals surface area (Å²) >= 11 is 12.3. The molecular weight excluding hydrogens is 303 g/mol. The first-order valence-corrected chi connectivity index (χ1v) is 8.58. The molecule has 4 heteroatoms. The quantitative estimate of drug-likeness (QED) is 0.823. The summed E-state index contributed by atoms with van der Waals surface area (Å²) in [6, 6.07) is 5.79. The third-order valence-electron chi connectivity index (χ3n) is 5.01. The van der Waals surface area contributed by atoms with Crippen LogP contribution in [0.2, 0.25) is 10.0 Å². The zero-order valence-electron chi connectivity index (χ0n) is 13.0. The second kappa shape index (κ2) is 7.32. The highest BCUT2D eigenvalue weighted by Crippen LogP contribution is 2.35. The fourth-order valence-electron chi connectivity index (χ4n) is 3.60. The van der Waals surface area contributed by atoms with Crippen molar-refractivity contribution in [2.24, 2.45) is 5.73 Å². The SMILES string of the molecule is CN(C)C1(C(N)Cc2ccc(Cl)cc2Cl)CCCCCC1. The van der Waals surface area contributed by atoms with Gasteiger partial charge in [-0.3, -0.25) is 0 Å². The Balaban J connectivity index is 2.20. The van der Waals surface area contributed by atoms with Gasteiger partial charge in [0.15, 0.2) is 0 Å². The summed E-state index contributed by atoms with van der Waals surface area (Å²) in [4.78, 5) is 2.34. The van der Waals surface area contributed by atoms with Gasteiger partial charge in [0.1, 0.15) is 0 Å². The van der Waals surface area contributed by atoms with Gasteiger partial charge in [0, 0.05) is 21.6 Å². The number of nitrogens with two attached hydrogens (primary N) is 1. The molecule has 21 heavy (non-hydrogen) atoms. The first-order valence-electron chi connectivity index (χ1n) is 7.82. The van der Waals surface area contributed by atoms with E-state index in [1.165, 1.54) is 38.5 Å². The Labute approximate surface area is 138 Å². The number of halogens is 2. The summed E-state index contributed by atoms with van der Waals surface area (Å²) in [6.07, 6.45) is 8.32. The molecule has 1 atom stereocenters. The molecule has 0 heterocycles. The highest BCUT2D eigenvalue weighted by atomic mass is 35.5. The first-order chi connectivity index (χ1) is 9.95. The molecule has 0 aliphatic heterocycles. The first kappa shape index (κ1) is 17.1. The summed E-state index contributed by atoms with van der Waals surface area (Å²) in [5.41, 5.74) is 7.84. The second-order valence-corrected chi connectivity index (χ2v) is 7.30. The van der Waals surface area contributed by atoms with Gasteiger partial charge in [-0.05, 0) is 51.1 Å². The smallest absolute Gasteiger partial charge is 0.0453 e. The number of likely N-dealkylation sites (N-methyl/N-ethyl adjacent to an activating group) is 1. The van der Waals surface area contributed by atoms with E-state index < -0.39 is 0 Å². The van der Waals surface area contributed by atoms with Gasteiger partial charge < -0.3 is 10.6 Å². The Morgan fingerprint density at radius 2 is 1.76 bits per heavy atom. The lowest BCUT2D eigenvalue weighted by Gasteiger charge is -2.44. The van der Waals surface area contributed by atoms with Gasteiger partial charge >= 0.3 is 0 Å². The van der Waals surface area contributed by atoms with Crippen molar-refractivity contribution < 1.29 is 0 Å². The fraction of sp³-hybridized carbons (Fsp3) is 0.647. The zero-order chi connectivity index (χ0) is 15.5. The van der Waals surface area contributed by atoms with Gasteiger partial charge in [0.05, 0.1) is 0 Å². The van der Waals surface area contributed by atoms with Crippen LogP contribution in [0.4, 0.5) is 0 Å². The number of hydrogen-bond donors (Lipinski definition) is 1. The molecule has 1 aromatic rings. The largest absolute Gasteiger partial charge is 0.326 e. The standard InChI is InChI=1S/C17H26Cl2N2/c1-21(2)17(9-5-3-4-6-10-17)16(20)11-13-7-8-14(18)12-15(13)19/h7-8,12,16H,3-6,9-11,20H2,1-2H3. The van der Waals surface area contributed by atoms with Crippen LogP contribution >= 0.6 is 23.2 Å². The normalized spacial score (nSPS) is 20.3. The minimum absolute atomic E-state index is 0.0828. The summed E-state index contributed by atoms with van der Waals surface area (Å²) in [5.74, 6) is 0. The average molecular weight is 329 g/mol. The second-order valence-electron chi connectivity index (χ2n) is 6.46. The predicted octanol–water partition coefficient (Wildman–Crippen LogP) is 4.52. The molecule has 2 N–H and O–H groups in total. The molecule has 1 unspecified atom stereocenters. The monoisotopic (exact) mass is 328 g/mol. The van der Waals surface area contributed by atoms with E-state index >= 15 is 0 Å². The molecule has 1 saturated carbocycles. The van der Waals surface area contributed by atoms with Crippen LogP contribution in [0.5, 0.6) is 0 Å². The third kappa shape index (κ3) is 3.92. The Kier molecular flexibility index (Phi) is 5.96. The van der Waals surface area contributed by atoms with Crippen LogP contribution < -0.4 is 5.73 Å². The Morgan fingerprint density at radius 3 is 2.29 bits per heavy atom. The molecule has 118 valence electrons. The molecule has 1 aromatic carbocycles. The summed E-state index contributed by atoms with van der Waals surface area (Å²) in [6.45, 7) is 0. The van der Waals surface area contributed by atoms with Crippen molar-refractivity contribution in [3.63, 3.8) is 0 Å². The maximum Gasteiger partial charge on any atom is 0.0453 e. The van der Waals surface area contributed by atoms with Gasteiger partial charge in [-0.2, -0.15) is 0 Å². The molecule has 1 aliphatic rings. The highest BCUT2D eigenvalue weighted by Gasteiger charge is 2.39. The average Bonchev–Trinajstić information content (AvgIpc) is 2.68. The van der Waals surface area contributed by atoms with Crippen LogP contribution in [0, 0.1) is 0 Å². The lowest BCUT2D eigenvalue weighted by atomic mass is 9.79. The van der Waals surface area contributed by atoms with Crippen LogP contribution in [0.1, 0.15) is 44.1 Å². The van der Waals surface area contributed by atoms with Crippen molar-refractivity contribution in [3.8, 4) is 0 Å². The van der Waals surface area contributed by atoms with Crippen molar-refractivity contribution in [1.29, 1.82) is 0 Å². The topological polar surface area (TPSA) is 29.3 Å². The predicted molar refractivity (Wildman–Crippen MR) is 92.3 cm³/mol. The molecule has 1 aliphatic carbocycles. The molecule has 1 fully saturated rings. The summed E-state index contributed by atoms with van der Waals surface area (Å²) < 4.78 is 0. The van der Waals surface area contributed by atoms with E-state index in [4.69, 9.17) is 28.9 Å². The Hall–Kier alpha value is -0.280. The van der Waals surface area contributed by atoms with Crippen LogP contribution in [0.15, 0.2) is 18.2 Å². The van der Waals surface area contributed by atoms with E-state index in [1.807, 2.05) is 12.1 Å². The van der Waals surface area contributed by atoms with Crippen LogP contribution in [-0.2, 0) is 6.42 Å². The molecule has 2 rings (SSSR count). The maximum absolute atomic E-state index is 6.66. The van der Waals surface area contributed by atoms with Gasteiger partial charge in [0.25, 0.3) is 0 Å². The fourth-order valence-corrected chi connectivity index (χ4v) is 4.09. The van der Waals surface area contributed by atoms with Gasteiger partial charge in [0.2, 0.25) is 0 Å². The zero-order valence-corrected chi connectivity index (χ0v) is 14.6. The van der Waals surface area contributed by atoms with Crippen LogP contribution in [0.25, 0.3) is 0 Å². The summed E-state index contributed by atoms with van der Waals surface area (Å²) in [7, 11) is 4.32. The maximum atomic E-state index is 6.66. The van der Waals surface area contributed by atoms with Crippen molar-refractivity contribution in [1.82, 2.24) is 4.90 Å². The summed E-state index contributed by atoms with van der Waals surface area (Å²) in [5, 5.41) is 1.40. The lowest BCUT2D eigenvalue weighted by molar-refractivity contribution is 0.0968. The van der Waals surface area contributed by atoms with E-state index in [9.17, 15) is 0 Å². The van der Waals surface area contributed by atoms with E-state index in [-0.39, 0.29) is 11.6 Å². The number of hydrogen-bond acceptors (Lipinski definition) is 2. The molecule has 0 amide bonds. The van der Waals surface area contributed by atoms with Crippen LogP contribution in [-0.4, -0.2) is 30.6 Å². The van der Waals surface area contributed by atoms with Crippen molar-refractivity contribution in [2.45, 2.75) is 56.5 Å². The molecule has 0 bridgehead atoms. The van der Waals surface area contributed by atoms with Crippen molar-refractivity contribution in [3.05, 3.63) is 33.8 Å². The Morgan fingerprint density at radius 1 is 1.14 bits per heavy atom. The van der Waals surface area contributed by atoms with Gasteiger partial charge in [-0.25, -0.2) is 0 Å². The molecule has 0 radical (unpaired) electrons. The lowest BCUT2D eigenvalue weighted by Crippen LogP contribution is -2.58. The molecule has 0 aromatic heterocycles. The molecular formula is C17H26Cl2N2. The number of benzene rings is 1. The third-order valence-corrected chi connectivity index (χ3v) is 5.59. The molecule has 2 nitrogen and oxygen atoms in total. The van der Waals surface area contributed by atoms with E-state index in [0.717, 1.165) is 17.0 Å². The molecule has 0 spiro atoms. The van der Waals surface area contributed by atoms with Crippen LogP contribution in [0.3, 0.4) is 0 Å².